The number of hydrogen-bond donors (Lipinski definition) is 1. The van der Waals surface area contributed by atoms with Gasteiger partial charge in [-0.3, -0.25) is 4.79 Å². The molecule has 1 N–H and O–H groups in total. The minimum Gasteiger partial charge on any atom is -0.512 e. The topological polar surface area (TPSA) is 37.3 Å². The lowest BCUT2D eigenvalue weighted by molar-refractivity contribution is -0.115. The molecule has 0 fully saturated rings. The number of aliphatic hydroxyl groups excluding tert-OH is 1. The lowest BCUT2D eigenvalue weighted by atomic mass is 9.80. The number of aliphatic hydroxyl groups is 1. The molecule has 1 unspecified atom stereocenters. The highest BCUT2D eigenvalue weighted by atomic mass is 16.3. The highest BCUT2D eigenvalue weighted by Gasteiger charge is 2.25. The van der Waals surface area contributed by atoms with E-state index in [2.05, 4.69) is 0 Å². The zero-order chi connectivity index (χ0) is 8.55. The van der Waals surface area contributed by atoms with Crippen molar-refractivity contribution in [2.24, 2.45) is 5.92 Å². The number of fused-ring (bicyclic) bond motifs is 1. The number of allylic oxidation sites excluding steroid dienone is 4. The molecule has 0 saturated carbocycles. The predicted octanol–water partition coefficient (Wildman–Crippen LogP) is 2.13. The van der Waals surface area contributed by atoms with Crippen LogP contribution in [0.5, 0.6) is 0 Å². The Morgan fingerprint density at radius 3 is 3.08 bits per heavy atom. The van der Waals surface area contributed by atoms with Crippen LogP contribution in [0.3, 0.4) is 0 Å². The highest BCUT2D eigenvalue weighted by Crippen LogP contribution is 2.34. The summed E-state index contributed by atoms with van der Waals surface area (Å²) in [5.41, 5.74) is 1.00. The zero-order valence-corrected chi connectivity index (χ0v) is 6.92. The van der Waals surface area contributed by atoms with Gasteiger partial charge in [-0.05, 0) is 30.4 Å². The minimum absolute atomic E-state index is 0.193. The quantitative estimate of drug-likeness (QED) is 0.595. The van der Waals surface area contributed by atoms with Gasteiger partial charge in [0, 0.05) is 12.8 Å². The second-order valence-electron chi connectivity index (χ2n) is 3.49. The third kappa shape index (κ3) is 1.17. The van der Waals surface area contributed by atoms with Gasteiger partial charge in [-0.2, -0.15) is 0 Å². The van der Waals surface area contributed by atoms with E-state index < -0.39 is 0 Å². The van der Waals surface area contributed by atoms with Crippen LogP contribution in [-0.4, -0.2) is 10.9 Å². The van der Waals surface area contributed by atoms with Gasteiger partial charge in [0.25, 0.3) is 0 Å². The summed E-state index contributed by atoms with van der Waals surface area (Å²) in [6.45, 7) is 0. The fourth-order valence-corrected chi connectivity index (χ4v) is 1.99. The van der Waals surface area contributed by atoms with Gasteiger partial charge in [-0.1, -0.05) is 6.08 Å². The van der Waals surface area contributed by atoms with Crippen LogP contribution in [0, 0.1) is 5.92 Å². The van der Waals surface area contributed by atoms with Crippen molar-refractivity contribution in [3.8, 4) is 0 Å². The largest absolute Gasteiger partial charge is 0.512 e. The molecule has 1 atom stereocenters. The molecule has 0 aromatic carbocycles. The molecule has 0 aliphatic heterocycles. The molecule has 2 aliphatic carbocycles. The van der Waals surface area contributed by atoms with Crippen molar-refractivity contribution in [2.75, 3.05) is 0 Å². The van der Waals surface area contributed by atoms with Crippen LogP contribution in [0.4, 0.5) is 0 Å². The first-order chi connectivity index (χ1) is 5.77. The van der Waals surface area contributed by atoms with Crippen LogP contribution in [0.25, 0.3) is 0 Å². The first-order valence-electron chi connectivity index (χ1n) is 4.40. The van der Waals surface area contributed by atoms with Crippen molar-refractivity contribution in [3.05, 3.63) is 23.5 Å². The number of rotatable bonds is 0. The van der Waals surface area contributed by atoms with Crippen molar-refractivity contribution < 1.29 is 9.90 Å². The molecular formula is C10H12O2. The van der Waals surface area contributed by atoms with Crippen LogP contribution >= 0.6 is 0 Å². The first kappa shape index (κ1) is 7.59. The molecule has 0 heterocycles. The Hall–Kier alpha value is -1.05. The van der Waals surface area contributed by atoms with E-state index >= 15 is 0 Å². The Morgan fingerprint density at radius 2 is 2.25 bits per heavy atom. The van der Waals surface area contributed by atoms with Crippen molar-refractivity contribution in [3.63, 3.8) is 0 Å². The zero-order valence-electron chi connectivity index (χ0n) is 6.92. The van der Waals surface area contributed by atoms with Gasteiger partial charge in [0.15, 0.2) is 5.78 Å². The summed E-state index contributed by atoms with van der Waals surface area (Å²) in [6, 6.07) is 0. The Labute approximate surface area is 71.6 Å². The standard InChI is InChI=1S/C10H12O2/c11-8-4-5-9-7(6-8)2-1-3-10(9)12/h4-5,7,12H,1-3,6H2. The summed E-state index contributed by atoms with van der Waals surface area (Å²) in [4.78, 5) is 11.0. The molecule has 2 rings (SSSR count). The Kier molecular flexibility index (Phi) is 1.75. The molecule has 0 amide bonds. The lowest BCUT2D eigenvalue weighted by Gasteiger charge is -2.25. The number of hydrogen-bond acceptors (Lipinski definition) is 2. The van der Waals surface area contributed by atoms with Crippen molar-refractivity contribution >= 4 is 5.78 Å². The summed E-state index contributed by atoms with van der Waals surface area (Å²) < 4.78 is 0. The minimum atomic E-state index is 0.193. The van der Waals surface area contributed by atoms with E-state index in [4.69, 9.17) is 0 Å². The summed E-state index contributed by atoms with van der Waals surface area (Å²) >= 11 is 0. The monoisotopic (exact) mass is 164 g/mol. The maximum absolute atomic E-state index is 11.0. The number of carbonyl (C=O) groups excluding carboxylic acids is 1. The summed E-state index contributed by atoms with van der Waals surface area (Å²) in [7, 11) is 0. The van der Waals surface area contributed by atoms with Gasteiger partial charge in [0.05, 0.1) is 5.76 Å². The highest BCUT2D eigenvalue weighted by molar-refractivity contribution is 5.92. The van der Waals surface area contributed by atoms with E-state index in [1.807, 2.05) is 0 Å². The van der Waals surface area contributed by atoms with Gasteiger partial charge >= 0.3 is 0 Å². The van der Waals surface area contributed by atoms with E-state index in [-0.39, 0.29) is 5.78 Å². The van der Waals surface area contributed by atoms with Gasteiger partial charge in [-0.15, -0.1) is 0 Å². The van der Waals surface area contributed by atoms with Crippen LogP contribution in [0.15, 0.2) is 23.5 Å². The van der Waals surface area contributed by atoms with E-state index in [0.29, 0.717) is 18.1 Å². The third-order valence-corrected chi connectivity index (χ3v) is 2.64. The van der Waals surface area contributed by atoms with Crippen LogP contribution < -0.4 is 0 Å². The van der Waals surface area contributed by atoms with Gasteiger partial charge in [-0.25, -0.2) is 0 Å². The van der Waals surface area contributed by atoms with Crippen molar-refractivity contribution in [2.45, 2.75) is 25.7 Å². The molecule has 0 aromatic heterocycles. The van der Waals surface area contributed by atoms with Gasteiger partial charge < -0.3 is 5.11 Å². The molecule has 2 aliphatic rings. The fraction of sp³-hybridized carbons (Fsp3) is 0.500. The second kappa shape index (κ2) is 2.77. The molecular weight excluding hydrogens is 152 g/mol. The Bertz CT molecular complexity index is 274. The van der Waals surface area contributed by atoms with E-state index in [1.54, 1.807) is 12.2 Å². The molecule has 2 nitrogen and oxygen atoms in total. The Morgan fingerprint density at radius 1 is 1.42 bits per heavy atom. The van der Waals surface area contributed by atoms with E-state index in [1.165, 1.54) is 0 Å². The maximum atomic E-state index is 11.0. The molecule has 2 heteroatoms. The average Bonchev–Trinajstić information content (AvgIpc) is 2.04. The lowest BCUT2D eigenvalue weighted by Crippen LogP contribution is -2.18. The maximum Gasteiger partial charge on any atom is 0.156 e. The summed E-state index contributed by atoms with van der Waals surface area (Å²) in [5, 5.41) is 9.51. The molecule has 0 spiro atoms. The third-order valence-electron chi connectivity index (χ3n) is 2.64. The first-order valence-corrected chi connectivity index (χ1v) is 4.40. The summed E-state index contributed by atoms with van der Waals surface area (Å²) in [6.07, 6.45) is 6.80. The number of ketones is 1. The smallest absolute Gasteiger partial charge is 0.156 e. The normalized spacial score (nSPS) is 29.0. The number of carbonyl (C=O) groups is 1. The van der Waals surface area contributed by atoms with Crippen LogP contribution in [-0.2, 0) is 4.79 Å². The van der Waals surface area contributed by atoms with Crippen LogP contribution in [0.1, 0.15) is 25.7 Å². The van der Waals surface area contributed by atoms with Gasteiger partial charge in [0.2, 0.25) is 0 Å². The molecule has 0 aromatic rings. The van der Waals surface area contributed by atoms with E-state index in [0.717, 1.165) is 24.8 Å². The molecule has 64 valence electrons. The predicted molar refractivity (Wildman–Crippen MR) is 45.8 cm³/mol. The fourth-order valence-electron chi connectivity index (χ4n) is 1.99. The molecule has 0 saturated heterocycles. The SMILES string of the molecule is O=C1C=CC2=C(O)CCCC2C1. The van der Waals surface area contributed by atoms with Crippen molar-refractivity contribution in [1.29, 1.82) is 0 Å². The second-order valence-corrected chi connectivity index (χ2v) is 3.49. The average molecular weight is 164 g/mol. The summed E-state index contributed by atoms with van der Waals surface area (Å²) in [5.74, 6) is 0.990. The Balaban J connectivity index is 2.35. The molecule has 0 bridgehead atoms. The van der Waals surface area contributed by atoms with Crippen LogP contribution in [0.2, 0.25) is 0 Å². The van der Waals surface area contributed by atoms with E-state index in [9.17, 15) is 9.90 Å². The van der Waals surface area contributed by atoms with Gasteiger partial charge in [0.1, 0.15) is 0 Å². The van der Waals surface area contributed by atoms with Crippen molar-refractivity contribution in [1.82, 2.24) is 0 Å². The molecule has 0 radical (unpaired) electrons. The molecule has 12 heavy (non-hydrogen) atoms.